The number of allylic oxidation sites excluding steroid dienone is 2. The van der Waals surface area contributed by atoms with Gasteiger partial charge in [0.05, 0.1) is 19.4 Å². The Hall–Kier alpha value is -3.03. The molecule has 2 aliphatic heterocycles. The minimum atomic E-state index is -0.342. The number of imidazole rings is 1. The molecule has 238 valence electrons. The minimum Gasteiger partial charge on any atom is -0.379 e. The average molecular weight is 602 g/mol. The third-order valence-corrected chi connectivity index (χ3v) is 10.3. The van der Waals surface area contributed by atoms with Gasteiger partial charge in [0, 0.05) is 54.0 Å². The van der Waals surface area contributed by atoms with Gasteiger partial charge >= 0.3 is 5.91 Å². The van der Waals surface area contributed by atoms with Gasteiger partial charge in [0.25, 0.3) is 5.82 Å². The number of anilines is 1. The first-order valence-corrected chi connectivity index (χ1v) is 16.1. The highest BCUT2D eigenvalue weighted by molar-refractivity contribution is 6.03. The standard InChI is InChI=1S/C35H51N7O2/c1-32(2)13-11-25(12-14-32)27-21-26(9-10-28(27)39-31(43)30-37-22-29(36-7)40-30)35(38-15-16-42-17-19-44-20-18-42)23-33(3,4)41(8)34(5,6)24-35/h9-11,21-22,38H,12-20,23-24H2,1-6,8H3,(H,37,40)(H,39,43). The van der Waals surface area contributed by atoms with Crippen molar-refractivity contribution in [2.45, 2.75) is 90.3 Å². The zero-order chi connectivity index (χ0) is 31.8. The van der Waals surface area contributed by atoms with Crippen molar-refractivity contribution in [2.24, 2.45) is 5.41 Å². The third kappa shape index (κ3) is 6.94. The molecule has 1 amide bonds. The molecule has 1 aliphatic carbocycles. The van der Waals surface area contributed by atoms with E-state index in [1.165, 1.54) is 17.3 Å². The molecule has 9 heteroatoms. The van der Waals surface area contributed by atoms with Crippen molar-refractivity contribution in [2.75, 3.05) is 51.8 Å². The first kappa shape index (κ1) is 32.4. The van der Waals surface area contributed by atoms with Crippen LogP contribution in [0.1, 0.15) is 95.4 Å². The van der Waals surface area contributed by atoms with Crippen LogP contribution in [0.15, 0.2) is 30.5 Å². The number of H-pyrrole nitrogens is 1. The number of morpholine rings is 1. The maximum atomic E-state index is 13.3. The minimum absolute atomic E-state index is 0.0329. The molecule has 2 fully saturated rings. The topological polar surface area (TPSA) is 89.9 Å². The van der Waals surface area contributed by atoms with Crippen LogP contribution in [0.5, 0.6) is 0 Å². The molecule has 3 aliphatic rings. The quantitative estimate of drug-likeness (QED) is 0.312. The van der Waals surface area contributed by atoms with Crippen LogP contribution >= 0.6 is 0 Å². The molecule has 44 heavy (non-hydrogen) atoms. The summed E-state index contributed by atoms with van der Waals surface area (Å²) in [6.07, 6.45) is 8.74. The SMILES string of the molecule is [C-]#[N+]c1cnc(C(=O)Nc2ccc(C3(NCCN4CCOCC4)CC(C)(C)N(C)C(C)(C)C3)cc2C2=CCC(C)(C)CC2)[nH]1. The van der Waals surface area contributed by atoms with Crippen LogP contribution in [0, 0.1) is 12.0 Å². The molecule has 0 unspecified atom stereocenters. The fourth-order valence-corrected chi connectivity index (χ4v) is 7.51. The molecular weight excluding hydrogens is 550 g/mol. The zero-order valence-electron chi connectivity index (χ0n) is 27.8. The van der Waals surface area contributed by atoms with Crippen LogP contribution in [0.3, 0.4) is 0 Å². The number of carbonyl (C=O) groups excluding carboxylic acids is 1. The molecule has 0 saturated carbocycles. The smallest absolute Gasteiger partial charge is 0.314 e. The summed E-state index contributed by atoms with van der Waals surface area (Å²) in [6, 6.07) is 6.62. The van der Waals surface area contributed by atoms with E-state index in [0.717, 1.165) is 82.7 Å². The second kappa shape index (κ2) is 12.4. The second-order valence-corrected chi connectivity index (χ2v) is 15.0. The molecule has 1 aromatic heterocycles. The van der Waals surface area contributed by atoms with Crippen molar-refractivity contribution in [3.63, 3.8) is 0 Å². The summed E-state index contributed by atoms with van der Waals surface area (Å²) in [5.41, 5.74) is 4.34. The Bertz CT molecular complexity index is 1410. The van der Waals surface area contributed by atoms with E-state index < -0.39 is 0 Å². The average Bonchev–Trinajstić information content (AvgIpc) is 3.46. The van der Waals surface area contributed by atoms with Crippen LogP contribution < -0.4 is 10.6 Å². The van der Waals surface area contributed by atoms with Gasteiger partial charge in [-0.3, -0.25) is 19.6 Å². The second-order valence-electron chi connectivity index (χ2n) is 15.0. The number of benzene rings is 1. The monoisotopic (exact) mass is 601 g/mol. The summed E-state index contributed by atoms with van der Waals surface area (Å²) in [4.78, 5) is 28.6. The largest absolute Gasteiger partial charge is 0.379 e. The lowest BCUT2D eigenvalue weighted by molar-refractivity contribution is -0.0543. The van der Waals surface area contributed by atoms with Gasteiger partial charge in [0.15, 0.2) is 0 Å². The number of rotatable bonds is 8. The maximum absolute atomic E-state index is 13.3. The third-order valence-electron chi connectivity index (χ3n) is 10.3. The molecule has 2 saturated heterocycles. The number of aromatic nitrogens is 2. The Kier molecular flexibility index (Phi) is 9.12. The molecule has 0 atom stereocenters. The molecule has 0 spiro atoms. The van der Waals surface area contributed by atoms with Crippen LogP contribution in [-0.4, -0.2) is 83.2 Å². The summed E-state index contributed by atoms with van der Waals surface area (Å²) in [7, 11) is 2.25. The van der Waals surface area contributed by atoms with Crippen molar-refractivity contribution in [3.05, 3.63) is 58.8 Å². The van der Waals surface area contributed by atoms with Gasteiger partial charge in [-0.25, -0.2) is 4.98 Å². The molecule has 5 rings (SSSR count). The Morgan fingerprint density at radius 2 is 1.82 bits per heavy atom. The van der Waals surface area contributed by atoms with Gasteiger partial charge in [-0.2, -0.15) is 0 Å². The first-order valence-electron chi connectivity index (χ1n) is 16.1. The number of likely N-dealkylation sites (tertiary alicyclic amines) is 1. The number of piperidine rings is 1. The molecule has 0 bridgehead atoms. The van der Waals surface area contributed by atoms with E-state index in [4.69, 9.17) is 11.3 Å². The van der Waals surface area contributed by atoms with E-state index in [0.29, 0.717) is 0 Å². The number of aromatic amines is 1. The van der Waals surface area contributed by atoms with Gasteiger partial charge in [-0.1, -0.05) is 32.6 Å². The van der Waals surface area contributed by atoms with Crippen LogP contribution in [0.25, 0.3) is 10.4 Å². The summed E-state index contributed by atoms with van der Waals surface area (Å²) >= 11 is 0. The lowest BCUT2D eigenvalue weighted by Gasteiger charge is -2.59. The molecule has 3 N–H and O–H groups in total. The summed E-state index contributed by atoms with van der Waals surface area (Å²) in [5, 5.41) is 7.24. The maximum Gasteiger partial charge on any atom is 0.314 e. The van der Waals surface area contributed by atoms with E-state index >= 15 is 0 Å². The highest BCUT2D eigenvalue weighted by atomic mass is 16.5. The Labute approximate surface area is 263 Å². The van der Waals surface area contributed by atoms with Gasteiger partial charge in [0.1, 0.15) is 0 Å². The van der Waals surface area contributed by atoms with E-state index in [1.807, 2.05) is 0 Å². The van der Waals surface area contributed by atoms with Crippen molar-refractivity contribution < 1.29 is 9.53 Å². The highest BCUT2D eigenvalue weighted by Gasteiger charge is 2.51. The number of hydrogen-bond acceptors (Lipinski definition) is 6. The highest BCUT2D eigenvalue weighted by Crippen LogP contribution is 2.49. The predicted molar refractivity (Wildman–Crippen MR) is 177 cm³/mol. The first-order chi connectivity index (χ1) is 20.7. The van der Waals surface area contributed by atoms with Gasteiger partial charge in [-0.15, -0.1) is 0 Å². The predicted octanol–water partition coefficient (Wildman–Crippen LogP) is 6.21. The van der Waals surface area contributed by atoms with E-state index in [-0.39, 0.29) is 39.6 Å². The summed E-state index contributed by atoms with van der Waals surface area (Å²) in [5.74, 6) is 0.0518. The molecule has 2 aromatic rings. The molecular formula is C35H51N7O2. The van der Waals surface area contributed by atoms with Gasteiger partial charge in [-0.05, 0) is 95.5 Å². The van der Waals surface area contributed by atoms with Gasteiger partial charge in [0.2, 0.25) is 5.82 Å². The molecule has 1 aromatic carbocycles. The van der Waals surface area contributed by atoms with E-state index in [2.05, 4.69) is 108 Å². The Balaban J connectivity index is 1.54. The number of hydrogen-bond donors (Lipinski definition) is 3. The normalized spacial score (nSPS) is 23.0. The molecule has 0 radical (unpaired) electrons. The lowest BCUT2D eigenvalue weighted by atomic mass is 9.66. The lowest BCUT2D eigenvalue weighted by Crippen LogP contribution is -2.66. The van der Waals surface area contributed by atoms with Crippen LogP contribution in [0.2, 0.25) is 0 Å². The van der Waals surface area contributed by atoms with Crippen LogP contribution in [-0.2, 0) is 10.3 Å². The molecule has 9 nitrogen and oxygen atoms in total. The van der Waals surface area contributed by atoms with Crippen molar-refractivity contribution >= 4 is 23.0 Å². The number of ether oxygens (including phenoxy) is 1. The van der Waals surface area contributed by atoms with Gasteiger partial charge < -0.3 is 20.2 Å². The van der Waals surface area contributed by atoms with Crippen LogP contribution in [0.4, 0.5) is 11.5 Å². The van der Waals surface area contributed by atoms with E-state index in [9.17, 15) is 4.79 Å². The number of nitrogens with zero attached hydrogens (tertiary/aromatic N) is 4. The fourth-order valence-electron chi connectivity index (χ4n) is 7.51. The fraction of sp³-hybridized carbons (Fsp3) is 0.629. The van der Waals surface area contributed by atoms with E-state index in [1.54, 1.807) is 0 Å². The Morgan fingerprint density at radius 1 is 1.11 bits per heavy atom. The van der Waals surface area contributed by atoms with Crippen molar-refractivity contribution in [1.29, 1.82) is 0 Å². The number of amides is 1. The Morgan fingerprint density at radius 3 is 2.43 bits per heavy atom. The van der Waals surface area contributed by atoms with Crippen molar-refractivity contribution in [3.8, 4) is 0 Å². The summed E-state index contributed by atoms with van der Waals surface area (Å²) < 4.78 is 5.59. The summed E-state index contributed by atoms with van der Waals surface area (Å²) in [6.45, 7) is 26.7. The number of carbonyl (C=O) groups is 1. The number of nitrogens with one attached hydrogen (secondary N) is 3. The molecule has 3 heterocycles. The van der Waals surface area contributed by atoms with Crippen molar-refractivity contribution in [1.82, 2.24) is 25.1 Å². The zero-order valence-corrected chi connectivity index (χ0v) is 27.8.